The standard InChI is InChI=1S/C22H20ClFN2OS/c23-17-8-3-7-16(13-17)21-22-19(25-14-28-22)11-12-26(21)20(27)10-4-6-15-5-1-2-9-18(15)24/h1-3,5,7-9,13-14,21H,4,6,10-12H2. The molecule has 28 heavy (non-hydrogen) atoms. The van der Waals surface area contributed by atoms with Crippen molar-refractivity contribution < 1.29 is 9.18 Å². The molecule has 0 aliphatic carbocycles. The molecular formula is C22H20ClFN2OS. The van der Waals surface area contributed by atoms with E-state index >= 15 is 0 Å². The number of carbonyl (C=O) groups excluding carboxylic acids is 1. The van der Waals surface area contributed by atoms with Crippen LogP contribution in [0.15, 0.2) is 54.0 Å². The highest BCUT2D eigenvalue weighted by Crippen LogP contribution is 2.38. The number of nitrogens with zero attached hydrogens (tertiary/aromatic N) is 2. The smallest absolute Gasteiger partial charge is 0.223 e. The Kier molecular flexibility index (Phi) is 5.74. The Morgan fingerprint density at radius 2 is 2.11 bits per heavy atom. The van der Waals surface area contributed by atoms with Crippen molar-refractivity contribution >= 4 is 28.8 Å². The summed E-state index contributed by atoms with van der Waals surface area (Å²) in [5.74, 6) is -0.126. The molecule has 1 amide bonds. The molecule has 0 spiro atoms. The highest BCUT2D eigenvalue weighted by Gasteiger charge is 2.33. The molecule has 2 heterocycles. The second kappa shape index (κ2) is 8.41. The zero-order valence-electron chi connectivity index (χ0n) is 15.3. The maximum Gasteiger partial charge on any atom is 0.223 e. The molecule has 0 saturated carbocycles. The Bertz CT molecular complexity index is 990. The normalized spacial score (nSPS) is 16.1. The van der Waals surface area contributed by atoms with Gasteiger partial charge in [-0.15, -0.1) is 11.3 Å². The number of aromatic nitrogens is 1. The van der Waals surface area contributed by atoms with Gasteiger partial charge in [0.15, 0.2) is 0 Å². The zero-order valence-corrected chi connectivity index (χ0v) is 16.8. The largest absolute Gasteiger partial charge is 0.330 e. The second-order valence-electron chi connectivity index (χ2n) is 6.90. The predicted molar refractivity (Wildman–Crippen MR) is 110 cm³/mol. The summed E-state index contributed by atoms with van der Waals surface area (Å²) >= 11 is 7.79. The average molecular weight is 415 g/mol. The van der Waals surface area contributed by atoms with Crippen LogP contribution in [0.2, 0.25) is 5.02 Å². The molecule has 0 bridgehead atoms. The fourth-order valence-corrected chi connectivity index (χ4v) is 4.91. The van der Waals surface area contributed by atoms with Crippen molar-refractivity contribution in [1.82, 2.24) is 9.88 Å². The molecule has 4 rings (SSSR count). The minimum atomic E-state index is -0.209. The number of amides is 1. The van der Waals surface area contributed by atoms with E-state index in [2.05, 4.69) is 4.98 Å². The van der Waals surface area contributed by atoms with Crippen LogP contribution in [0.4, 0.5) is 4.39 Å². The predicted octanol–water partition coefficient (Wildman–Crippen LogP) is 5.43. The molecule has 0 N–H and O–H groups in total. The first-order chi connectivity index (χ1) is 13.6. The Morgan fingerprint density at radius 1 is 1.25 bits per heavy atom. The number of hydrogen-bond acceptors (Lipinski definition) is 3. The van der Waals surface area contributed by atoms with Crippen molar-refractivity contribution in [3.8, 4) is 0 Å². The molecule has 6 heteroatoms. The van der Waals surface area contributed by atoms with Gasteiger partial charge in [-0.05, 0) is 42.2 Å². The first kappa shape index (κ1) is 19.1. The van der Waals surface area contributed by atoms with Crippen molar-refractivity contribution in [1.29, 1.82) is 0 Å². The Balaban J connectivity index is 1.52. The Hall–Kier alpha value is -2.24. The van der Waals surface area contributed by atoms with Gasteiger partial charge in [0.2, 0.25) is 5.91 Å². The number of fused-ring (bicyclic) bond motifs is 1. The molecule has 0 saturated heterocycles. The number of thiazole rings is 1. The van der Waals surface area contributed by atoms with Crippen LogP contribution in [0.25, 0.3) is 0 Å². The summed E-state index contributed by atoms with van der Waals surface area (Å²) in [5.41, 5.74) is 4.56. The molecule has 1 unspecified atom stereocenters. The summed E-state index contributed by atoms with van der Waals surface area (Å²) in [6, 6.07) is 14.3. The van der Waals surface area contributed by atoms with E-state index in [1.807, 2.05) is 40.7 Å². The molecule has 0 radical (unpaired) electrons. The van der Waals surface area contributed by atoms with Crippen LogP contribution >= 0.6 is 22.9 Å². The van der Waals surface area contributed by atoms with Crippen LogP contribution in [-0.4, -0.2) is 22.3 Å². The van der Waals surface area contributed by atoms with E-state index in [-0.39, 0.29) is 17.8 Å². The topological polar surface area (TPSA) is 33.2 Å². The van der Waals surface area contributed by atoms with Gasteiger partial charge in [0.05, 0.1) is 22.1 Å². The number of hydrogen-bond donors (Lipinski definition) is 0. The fraction of sp³-hybridized carbons (Fsp3) is 0.273. The molecule has 2 aromatic carbocycles. The summed E-state index contributed by atoms with van der Waals surface area (Å²) < 4.78 is 13.8. The SMILES string of the molecule is O=C(CCCc1ccccc1F)N1CCc2ncsc2C1c1cccc(Cl)c1. The van der Waals surface area contributed by atoms with Crippen LogP contribution in [0, 0.1) is 5.82 Å². The second-order valence-corrected chi connectivity index (χ2v) is 8.23. The third-order valence-electron chi connectivity index (χ3n) is 5.10. The molecular weight excluding hydrogens is 395 g/mol. The van der Waals surface area contributed by atoms with Gasteiger partial charge < -0.3 is 4.90 Å². The third-order valence-corrected chi connectivity index (χ3v) is 6.26. The van der Waals surface area contributed by atoms with Crippen LogP contribution in [-0.2, 0) is 17.6 Å². The van der Waals surface area contributed by atoms with Crippen molar-refractivity contribution in [2.45, 2.75) is 31.7 Å². The van der Waals surface area contributed by atoms with Crippen molar-refractivity contribution in [2.24, 2.45) is 0 Å². The number of benzene rings is 2. The van der Waals surface area contributed by atoms with Gasteiger partial charge in [-0.1, -0.05) is 41.9 Å². The lowest BCUT2D eigenvalue weighted by atomic mass is 9.96. The molecule has 0 fully saturated rings. The molecule has 1 aliphatic rings. The van der Waals surface area contributed by atoms with Crippen LogP contribution in [0.5, 0.6) is 0 Å². The summed E-state index contributed by atoms with van der Waals surface area (Å²) in [6.45, 7) is 0.631. The summed E-state index contributed by atoms with van der Waals surface area (Å²) in [5, 5.41) is 0.654. The van der Waals surface area contributed by atoms with E-state index in [9.17, 15) is 9.18 Å². The molecule has 3 nitrogen and oxygen atoms in total. The minimum absolute atomic E-state index is 0.0837. The third kappa shape index (κ3) is 3.96. The molecule has 1 atom stereocenters. The van der Waals surface area contributed by atoms with E-state index in [1.165, 1.54) is 6.07 Å². The number of halogens is 2. The maximum absolute atomic E-state index is 13.8. The van der Waals surface area contributed by atoms with Gasteiger partial charge in [0.25, 0.3) is 0 Å². The van der Waals surface area contributed by atoms with E-state index in [0.717, 1.165) is 22.6 Å². The minimum Gasteiger partial charge on any atom is -0.330 e. The lowest BCUT2D eigenvalue weighted by molar-refractivity contribution is -0.133. The first-order valence-corrected chi connectivity index (χ1v) is 10.6. The monoisotopic (exact) mass is 414 g/mol. The summed E-state index contributed by atoms with van der Waals surface area (Å²) in [4.78, 5) is 20.6. The highest BCUT2D eigenvalue weighted by atomic mass is 35.5. The van der Waals surface area contributed by atoms with E-state index in [4.69, 9.17) is 11.6 Å². The van der Waals surface area contributed by atoms with Crippen LogP contribution in [0.3, 0.4) is 0 Å². The molecule has 1 aliphatic heterocycles. The Labute approximate surface area is 172 Å². The number of aryl methyl sites for hydroxylation is 1. The van der Waals surface area contributed by atoms with E-state index in [1.54, 1.807) is 23.5 Å². The van der Waals surface area contributed by atoms with E-state index < -0.39 is 0 Å². The van der Waals surface area contributed by atoms with Gasteiger partial charge >= 0.3 is 0 Å². The lowest BCUT2D eigenvalue weighted by Crippen LogP contribution is -2.40. The average Bonchev–Trinajstić information content (AvgIpc) is 3.17. The summed E-state index contributed by atoms with van der Waals surface area (Å²) in [7, 11) is 0. The molecule has 3 aromatic rings. The Morgan fingerprint density at radius 3 is 2.93 bits per heavy atom. The first-order valence-electron chi connectivity index (χ1n) is 9.34. The van der Waals surface area contributed by atoms with Crippen molar-refractivity contribution in [3.63, 3.8) is 0 Å². The quantitative estimate of drug-likeness (QED) is 0.557. The van der Waals surface area contributed by atoms with Crippen LogP contribution < -0.4 is 0 Å². The fourth-order valence-electron chi connectivity index (χ4n) is 3.74. The lowest BCUT2D eigenvalue weighted by Gasteiger charge is -2.35. The van der Waals surface area contributed by atoms with Gasteiger partial charge in [-0.2, -0.15) is 0 Å². The maximum atomic E-state index is 13.8. The zero-order chi connectivity index (χ0) is 19.5. The summed E-state index contributed by atoms with van der Waals surface area (Å²) in [6.07, 6.45) is 2.32. The van der Waals surface area contributed by atoms with E-state index in [0.29, 0.717) is 36.4 Å². The number of rotatable bonds is 5. The molecule has 144 valence electrons. The van der Waals surface area contributed by atoms with Crippen LogP contribution in [0.1, 0.15) is 40.6 Å². The van der Waals surface area contributed by atoms with Gasteiger partial charge in [0.1, 0.15) is 5.82 Å². The number of carbonyl (C=O) groups is 1. The van der Waals surface area contributed by atoms with Gasteiger partial charge in [-0.3, -0.25) is 4.79 Å². The van der Waals surface area contributed by atoms with Crippen molar-refractivity contribution in [3.05, 3.63) is 86.6 Å². The van der Waals surface area contributed by atoms with Crippen molar-refractivity contribution in [2.75, 3.05) is 6.54 Å². The van der Waals surface area contributed by atoms with Gasteiger partial charge in [-0.25, -0.2) is 9.37 Å². The van der Waals surface area contributed by atoms with Gasteiger partial charge in [0, 0.05) is 24.4 Å². The molecule has 1 aromatic heterocycles. The highest BCUT2D eigenvalue weighted by molar-refractivity contribution is 7.09.